The molecule has 3 aromatic rings. The first-order valence-electron chi connectivity index (χ1n) is 9.87. The molecule has 0 fully saturated rings. The van der Waals surface area contributed by atoms with Crippen LogP contribution in [0.5, 0.6) is 0 Å². The summed E-state index contributed by atoms with van der Waals surface area (Å²) >= 11 is 1.45. The lowest BCUT2D eigenvalue weighted by atomic mass is 9.87. The van der Waals surface area contributed by atoms with Crippen molar-refractivity contribution < 1.29 is 9.59 Å². The van der Waals surface area contributed by atoms with Crippen LogP contribution in [-0.2, 0) is 15.0 Å². The van der Waals surface area contributed by atoms with Crippen LogP contribution in [-0.4, -0.2) is 11.8 Å². The smallest absolute Gasteiger partial charge is 0.282 e. The topological polar surface area (TPSA) is 49.4 Å². The molecule has 2 aromatic carbocycles. The van der Waals surface area contributed by atoms with Crippen molar-refractivity contribution in [2.75, 3.05) is 10.2 Å². The molecule has 1 aliphatic rings. The van der Waals surface area contributed by atoms with Gasteiger partial charge in [-0.25, -0.2) is 4.90 Å². The van der Waals surface area contributed by atoms with Crippen LogP contribution in [0.15, 0.2) is 71.7 Å². The Morgan fingerprint density at radius 1 is 0.867 bits per heavy atom. The number of anilines is 2. The third kappa shape index (κ3) is 3.68. The summed E-state index contributed by atoms with van der Waals surface area (Å²) in [7, 11) is 0. The lowest BCUT2D eigenvalue weighted by Gasteiger charge is -2.21. The van der Waals surface area contributed by atoms with E-state index in [0.717, 1.165) is 21.7 Å². The van der Waals surface area contributed by atoms with Crippen LogP contribution in [0.4, 0.5) is 11.4 Å². The number of nitrogens with one attached hydrogen (secondary N) is 1. The van der Waals surface area contributed by atoms with Gasteiger partial charge in [-0.1, -0.05) is 56.7 Å². The summed E-state index contributed by atoms with van der Waals surface area (Å²) in [5, 5.41) is 5.10. The molecule has 1 N–H and O–H groups in total. The number of hydrogen-bond acceptors (Lipinski definition) is 4. The van der Waals surface area contributed by atoms with Crippen LogP contribution in [0.25, 0.3) is 5.57 Å². The molecule has 0 atom stereocenters. The van der Waals surface area contributed by atoms with E-state index in [4.69, 9.17) is 0 Å². The van der Waals surface area contributed by atoms with E-state index < -0.39 is 0 Å². The van der Waals surface area contributed by atoms with Crippen LogP contribution < -0.4 is 10.2 Å². The molecule has 4 nitrogen and oxygen atoms in total. The maximum absolute atomic E-state index is 13.4. The van der Waals surface area contributed by atoms with Gasteiger partial charge in [0.05, 0.1) is 11.3 Å². The van der Waals surface area contributed by atoms with E-state index in [1.165, 1.54) is 16.2 Å². The zero-order valence-electron chi connectivity index (χ0n) is 17.5. The first kappa shape index (κ1) is 20.1. The molecule has 0 bridgehead atoms. The molecule has 4 rings (SSSR count). The van der Waals surface area contributed by atoms with Crippen molar-refractivity contribution in [3.05, 3.63) is 87.7 Å². The van der Waals surface area contributed by atoms with Crippen molar-refractivity contribution >= 4 is 40.1 Å². The van der Waals surface area contributed by atoms with Crippen molar-refractivity contribution in [1.29, 1.82) is 0 Å². The number of benzene rings is 2. The molecular weight excluding hydrogens is 392 g/mol. The van der Waals surface area contributed by atoms with Crippen LogP contribution in [0, 0.1) is 6.92 Å². The monoisotopic (exact) mass is 416 g/mol. The standard InChI is InChI=1S/C25H24N2O2S/c1-16-7-11-18(12-8-16)26-22-21(20-6-5-15-30-20)23(28)27(24(22)29)19-13-9-17(10-14-19)25(2,3)4/h5-15,26H,1-4H3. The van der Waals surface area contributed by atoms with E-state index in [2.05, 4.69) is 26.1 Å². The fourth-order valence-corrected chi connectivity index (χ4v) is 4.19. The first-order chi connectivity index (χ1) is 14.3. The number of rotatable bonds is 4. The molecule has 0 unspecified atom stereocenters. The molecule has 1 aliphatic heterocycles. The Morgan fingerprint density at radius 2 is 1.53 bits per heavy atom. The number of hydrogen-bond donors (Lipinski definition) is 1. The van der Waals surface area contributed by atoms with E-state index in [-0.39, 0.29) is 17.2 Å². The Morgan fingerprint density at radius 3 is 2.10 bits per heavy atom. The van der Waals surface area contributed by atoms with Crippen LogP contribution in [0.3, 0.4) is 0 Å². The average molecular weight is 417 g/mol. The number of imide groups is 1. The summed E-state index contributed by atoms with van der Waals surface area (Å²) in [5.41, 5.74) is 4.35. The van der Waals surface area contributed by atoms with Crippen molar-refractivity contribution in [3.8, 4) is 0 Å². The molecular formula is C25H24N2O2S. The van der Waals surface area contributed by atoms with Gasteiger partial charge in [0.2, 0.25) is 0 Å². The summed E-state index contributed by atoms with van der Waals surface area (Å²) in [6.07, 6.45) is 0. The normalized spacial score (nSPS) is 14.6. The predicted octanol–water partition coefficient (Wildman–Crippen LogP) is 5.75. The second-order valence-electron chi connectivity index (χ2n) is 8.46. The number of aryl methyl sites for hydroxylation is 1. The van der Waals surface area contributed by atoms with Crippen LogP contribution in [0.2, 0.25) is 0 Å². The van der Waals surface area contributed by atoms with E-state index in [1.807, 2.05) is 73.0 Å². The van der Waals surface area contributed by atoms with Gasteiger partial charge >= 0.3 is 0 Å². The van der Waals surface area contributed by atoms with Crippen molar-refractivity contribution in [1.82, 2.24) is 0 Å². The second kappa shape index (κ2) is 7.58. The number of nitrogens with zero attached hydrogens (tertiary/aromatic N) is 1. The summed E-state index contributed by atoms with van der Waals surface area (Å²) < 4.78 is 0. The highest BCUT2D eigenvalue weighted by Gasteiger charge is 2.40. The highest BCUT2D eigenvalue weighted by molar-refractivity contribution is 7.11. The maximum Gasteiger partial charge on any atom is 0.282 e. The van der Waals surface area contributed by atoms with Gasteiger partial charge in [-0.15, -0.1) is 11.3 Å². The molecule has 1 aromatic heterocycles. The second-order valence-corrected chi connectivity index (χ2v) is 9.41. The van der Waals surface area contributed by atoms with Crippen molar-refractivity contribution in [2.45, 2.75) is 33.1 Å². The van der Waals surface area contributed by atoms with Gasteiger partial charge in [-0.3, -0.25) is 9.59 Å². The first-order valence-corrected chi connectivity index (χ1v) is 10.7. The predicted molar refractivity (Wildman–Crippen MR) is 124 cm³/mol. The fraction of sp³-hybridized carbons (Fsp3) is 0.200. The number of carbonyl (C=O) groups is 2. The minimum Gasteiger partial charge on any atom is -0.350 e. The Kier molecular flexibility index (Phi) is 5.08. The molecule has 0 spiro atoms. The minimum absolute atomic E-state index is 0.00388. The van der Waals surface area contributed by atoms with E-state index in [0.29, 0.717) is 17.0 Å². The quantitative estimate of drug-likeness (QED) is 0.551. The Labute approximate surface area is 180 Å². The molecule has 2 amide bonds. The van der Waals surface area contributed by atoms with Crippen molar-refractivity contribution in [3.63, 3.8) is 0 Å². The Balaban J connectivity index is 1.74. The number of thiophene rings is 1. The van der Waals surface area contributed by atoms with Crippen LogP contribution in [0.1, 0.15) is 36.8 Å². The van der Waals surface area contributed by atoms with E-state index in [1.54, 1.807) is 0 Å². The van der Waals surface area contributed by atoms with Gasteiger partial charge in [0.1, 0.15) is 5.70 Å². The van der Waals surface area contributed by atoms with Gasteiger partial charge in [0, 0.05) is 10.6 Å². The third-order valence-corrected chi connectivity index (χ3v) is 6.05. The SMILES string of the molecule is Cc1ccc(NC2=C(c3cccs3)C(=O)N(c3ccc(C(C)(C)C)cc3)C2=O)cc1. The highest BCUT2D eigenvalue weighted by Crippen LogP contribution is 2.36. The lowest BCUT2D eigenvalue weighted by molar-refractivity contribution is -0.120. The van der Waals surface area contributed by atoms with Crippen LogP contribution >= 0.6 is 11.3 Å². The Bertz CT molecular complexity index is 1120. The van der Waals surface area contributed by atoms with Gasteiger partial charge in [0.25, 0.3) is 11.8 Å². The molecule has 0 saturated heterocycles. The molecule has 2 heterocycles. The van der Waals surface area contributed by atoms with Gasteiger partial charge in [-0.2, -0.15) is 0 Å². The zero-order chi connectivity index (χ0) is 21.5. The maximum atomic E-state index is 13.4. The lowest BCUT2D eigenvalue weighted by Crippen LogP contribution is -2.32. The largest absolute Gasteiger partial charge is 0.350 e. The number of carbonyl (C=O) groups excluding carboxylic acids is 2. The summed E-state index contributed by atoms with van der Waals surface area (Å²) in [6.45, 7) is 8.41. The van der Waals surface area contributed by atoms with E-state index >= 15 is 0 Å². The molecule has 0 radical (unpaired) electrons. The number of amides is 2. The third-order valence-electron chi connectivity index (χ3n) is 5.16. The molecule has 0 aliphatic carbocycles. The van der Waals surface area contributed by atoms with E-state index in [9.17, 15) is 9.59 Å². The van der Waals surface area contributed by atoms with Gasteiger partial charge in [0.15, 0.2) is 0 Å². The fourth-order valence-electron chi connectivity index (χ4n) is 3.42. The minimum atomic E-state index is -0.340. The molecule has 152 valence electrons. The molecule has 0 saturated carbocycles. The summed E-state index contributed by atoms with van der Waals surface area (Å²) in [5.74, 6) is -0.645. The highest BCUT2D eigenvalue weighted by atomic mass is 32.1. The Hall–Kier alpha value is -3.18. The summed E-state index contributed by atoms with van der Waals surface area (Å²) in [6, 6.07) is 19.2. The van der Waals surface area contributed by atoms with Gasteiger partial charge in [-0.05, 0) is 53.6 Å². The van der Waals surface area contributed by atoms with Gasteiger partial charge < -0.3 is 5.32 Å². The average Bonchev–Trinajstić information content (AvgIpc) is 3.30. The molecule has 30 heavy (non-hydrogen) atoms. The van der Waals surface area contributed by atoms with Crippen molar-refractivity contribution in [2.24, 2.45) is 0 Å². The summed E-state index contributed by atoms with van der Waals surface area (Å²) in [4.78, 5) is 28.8. The molecule has 5 heteroatoms. The zero-order valence-corrected chi connectivity index (χ0v) is 18.3.